The molecule has 8 heteroatoms. The van der Waals surface area contributed by atoms with E-state index < -0.39 is 16.7 Å². The topological polar surface area (TPSA) is 124 Å². The average Bonchev–Trinajstić information content (AvgIpc) is 2.71. The van der Waals surface area contributed by atoms with Crippen LogP contribution < -0.4 is 5.32 Å². The second-order valence-corrected chi connectivity index (χ2v) is 9.67. The number of hydrogen-bond donors (Lipinski definition) is 3. The maximum absolute atomic E-state index is 9.45. The van der Waals surface area contributed by atoms with E-state index in [0.29, 0.717) is 6.54 Å². The lowest BCUT2D eigenvalue weighted by atomic mass is 10.0. The van der Waals surface area contributed by atoms with Gasteiger partial charge in [-0.2, -0.15) is 0 Å². The lowest BCUT2D eigenvalue weighted by Crippen LogP contribution is -2.86. The van der Waals surface area contributed by atoms with E-state index in [1.54, 1.807) is 0 Å². The second kappa shape index (κ2) is 27.0. The summed E-state index contributed by atoms with van der Waals surface area (Å²) in [5, 5.41) is 19.5. The van der Waals surface area contributed by atoms with Gasteiger partial charge in [-0.25, -0.2) is 8.42 Å². The number of hydrogen-bond acceptors (Lipinski definition) is 6. The van der Waals surface area contributed by atoms with Crippen LogP contribution >= 0.6 is 0 Å². The highest BCUT2D eigenvalue weighted by Crippen LogP contribution is 2.14. The molecule has 0 atom stereocenters. The minimum absolute atomic E-state index is 0.0914. The molecule has 0 aliphatic heterocycles. The van der Waals surface area contributed by atoms with E-state index in [1.165, 1.54) is 122 Å². The fourth-order valence-electron chi connectivity index (χ4n) is 3.60. The highest BCUT2D eigenvalue weighted by molar-refractivity contribution is 7.80. The van der Waals surface area contributed by atoms with Crippen molar-refractivity contribution in [3.05, 3.63) is 0 Å². The predicted octanol–water partition coefficient (Wildman–Crippen LogP) is 4.39. The van der Waals surface area contributed by atoms with Crippen molar-refractivity contribution in [1.29, 1.82) is 0 Å². The van der Waals surface area contributed by atoms with Crippen LogP contribution in [0.25, 0.3) is 0 Å². The Morgan fingerprint density at radius 1 is 0.688 bits per heavy atom. The van der Waals surface area contributed by atoms with Gasteiger partial charge < -0.3 is 20.1 Å². The van der Waals surface area contributed by atoms with Crippen molar-refractivity contribution in [1.82, 2.24) is 0 Å². The molecule has 0 heterocycles. The zero-order valence-electron chi connectivity index (χ0n) is 20.9. The van der Waals surface area contributed by atoms with Crippen LogP contribution in [0.15, 0.2) is 0 Å². The third-order valence-corrected chi connectivity index (χ3v) is 5.93. The van der Waals surface area contributed by atoms with Crippen molar-refractivity contribution < 1.29 is 32.7 Å². The van der Waals surface area contributed by atoms with Gasteiger partial charge in [-0.1, -0.05) is 110 Å². The average molecular weight is 484 g/mol. The summed E-state index contributed by atoms with van der Waals surface area (Å²) >= 11 is 0. The van der Waals surface area contributed by atoms with Gasteiger partial charge in [0.05, 0.1) is 13.2 Å². The molecule has 0 unspecified atom stereocenters. The SMILES string of the molecule is CCCCCCCCCCCCCCCCCCCC[NH2+]CC(O)O.CCOS(=O)(=O)[O-]. The van der Waals surface area contributed by atoms with Gasteiger partial charge >= 0.3 is 0 Å². The number of unbranched alkanes of at least 4 members (excludes halogenated alkanes) is 17. The Bertz CT molecular complexity index is 446. The first-order valence-corrected chi connectivity index (χ1v) is 14.4. The first kappa shape index (κ1) is 33.9. The maximum atomic E-state index is 9.45. The molecule has 0 rings (SSSR count). The van der Waals surface area contributed by atoms with E-state index in [4.69, 9.17) is 10.2 Å². The molecule has 0 amide bonds. The van der Waals surface area contributed by atoms with Crippen LogP contribution in [0.1, 0.15) is 129 Å². The zero-order valence-corrected chi connectivity index (χ0v) is 21.8. The Kier molecular flexibility index (Phi) is 28.6. The van der Waals surface area contributed by atoms with E-state index in [0.717, 1.165) is 6.54 Å². The largest absolute Gasteiger partial charge is 0.726 e. The monoisotopic (exact) mass is 483 g/mol. The van der Waals surface area contributed by atoms with Crippen molar-refractivity contribution in [3.63, 3.8) is 0 Å². The van der Waals surface area contributed by atoms with Crippen molar-refractivity contribution in [2.45, 2.75) is 136 Å². The minimum Gasteiger partial charge on any atom is -0.726 e. The van der Waals surface area contributed by atoms with Crippen LogP contribution in [0.4, 0.5) is 0 Å². The van der Waals surface area contributed by atoms with Gasteiger partial charge in [0.2, 0.25) is 16.7 Å². The van der Waals surface area contributed by atoms with Crippen LogP contribution in [-0.2, 0) is 14.6 Å². The van der Waals surface area contributed by atoms with Gasteiger partial charge in [-0.15, -0.1) is 0 Å². The normalized spacial score (nSPS) is 11.6. The fraction of sp³-hybridized carbons (Fsp3) is 1.00. The molecule has 196 valence electrons. The number of aliphatic hydroxyl groups is 2. The molecule has 0 saturated carbocycles. The van der Waals surface area contributed by atoms with E-state index in [2.05, 4.69) is 11.1 Å². The van der Waals surface area contributed by atoms with Crippen LogP contribution in [0.5, 0.6) is 0 Å². The quantitative estimate of drug-likeness (QED) is 0.0857. The number of rotatable bonds is 23. The summed E-state index contributed by atoms with van der Waals surface area (Å²) in [5.74, 6) is 0. The summed E-state index contributed by atoms with van der Waals surface area (Å²) in [6.07, 6.45) is 24.2. The molecule has 0 spiro atoms. The predicted molar refractivity (Wildman–Crippen MR) is 130 cm³/mol. The summed E-state index contributed by atoms with van der Waals surface area (Å²) < 4.78 is 32.0. The lowest BCUT2D eigenvalue weighted by molar-refractivity contribution is -0.667. The Morgan fingerprint density at radius 2 is 1.03 bits per heavy atom. The smallest absolute Gasteiger partial charge is 0.217 e. The van der Waals surface area contributed by atoms with E-state index >= 15 is 0 Å². The first-order valence-electron chi connectivity index (χ1n) is 13.1. The van der Waals surface area contributed by atoms with Crippen molar-refractivity contribution >= 4 is 10.4 Å². The molecule has 0 aromatic heterocycles. The highest BCUT2D eigenvalue weighted by Gasteiger charge is 1.99. The standard InChI is InChI=1S/C22H47NO2.C2H6O4S/c1-2-3-4-5-6-7-8-9-10-11-12-13-14-15-16-17-18-19-20-23-21-22(24)25;1-2-6-7(3,4)5/h22-25H,2-21H2,1H3;2H2,1H3,(H,3,4,5). The molecule has 0 aromatic rings. The first-order chi connectivity index (χ1) is 15.3. The highest BCUT2D eigenvalue weighted by atomic mass is 32.3. The molecular weight excluding hydrogens is 430 g/mol. The van der Waals surface area contributed by atoms with Crippen LogP contribution in [0, 0.1) is 0 Å². The molecular formula is C24H53NO6S. The zero-order chi connectivity index (χ0) is 24.3. The van der Waals surface area contributed by atoms with Gasteiger partial charge in [-0.05, 0) is 19.8 Å². The van der Waals surface area contributed by atoms with Gasteiger partial charge in [0.15, 0.2) is 0 Å². The maximum Gasteiger partial charge on any atom is 0.217 e. The molecule has 32 heavy (non-hydrogen) atoms. The van der Waals surface area contributed by atoms with E-state index in [9.17, 15) is 13.0 Å². The second-order valence-electron chi connectivity index (χ2n) is 8.62. The van der Waals surface area contributed by atoms with Crippen molar-refractivity contribution in [2.24, 2.45) is 0 Å². The third kappa shape index (κ3) is 37.1. The molecule has 0 saturated heterocycles. The van der Waals surface area contributed by atoms with Crippen LogP contribution in [0.2, 0.25) is 0 Å². The molecule has 0 aliphatic carbocycles. The molecule has 4 N–H and O–H groups in total. The Morgan fingerprint density at radius 3 is 1.28 bits per heavy atom. The molecule has 7 nitrogen and oxygen atoms in total. The molecule has 0 aromatic carbocycles. The van der Waals surface area contributed by atoms with Gasteiger partial charge in [0, 0.05) is 0 Å². The summed E-state index contributed by atoms with van der Waals surface area (Å²) in [6, 6.07) is 0. The number of quaternary nitrogens is 1. The van der Waals surface area contributed by atoms with Crippen LogP contribution in [-0.4, -0.2) is 49.2 Å². The molecule has 0 fully saturated rings. The summed E-state index contributed by atoms with van der Waals surface area (Å²) in [6.45, 7) is 5.06. The van der Waals surface area contributed by atoms with Gasteiger partial charge in [0.25, 0.3) is 0 Å². The van der Waals surface area contributed by atoms with Gasteiger partial charge in [-0.3, -0.25) is 4.18 Å². The Labute approximate surface area is 198 Å². The van der Waals surface area contributed by atoms with Crippen LogP contribution in [0.3, 0.4) is 0 Å². The van der Waals surface area contributed by atoms with E-state index in [1.807, 2.05) is 5.32 Å². The van der Waals surface area contributed by atoms with Crippen molar-refractivity contribution in [2.75, 3.05) is 19.7 Å². The van der Waals surface area contributed by atoms with Gasteiger partial charge in [0.1, 0.15) is 6.54 Å². The summed E-state index contributed by atoms with van der Waals surface area (Å²) in [7, 11) is -4.42. The third-order valence-electron chi connectivity index (χ3n) is 5.40. The summed E-state index contributed by atoms with van der Waals surface area (Å²) in [4.78, 5) is 0. The molecule has 0 aliphatic rings. The van der Waals surface area contributed by atoms with Crippen molar-refractivity contribution in [3.8, 4) is 0 Å². The van der Waals surface area contributed by atoms with E-state index in [-0.39, 0.29) is 6.61 Å². The number of aliphatic hydroxyl groups excluding tert-OH is 1. The lowest BCUT2D eigenvalue weighted by Gasteiger charge is -2.04. The fourth-order valence-corrected chi connectivity index (χ4v) is 3.89. The number of nitrogens with two attached hydrogens (primary N) is 1. The minimum atomic E-state index is -4.42. The molecule has 0 radical (unpaired) electrons. The molecule has 0 bridgehead atoms. The Balaban J connectivity index is 0. The summed E-state index contributed by atoms with van der Waals surface area (Å²) in [5.41, 5.74) is 0. The Hall–Kier alpha value is -0.250.